The van der Waals surface area contributed by atoms with Crippen molar-refractivity contribution in [1.82, 2.24) is 24.6 Å². The fourth-order valence-electron chi connectivity index (χ4n) is 4.03. The summed E-state index contributed by atoms with van der Waals surface area (Å²) >= 11 is 0. The van der Waals surface area contributed by atoms with Crippen LogP contribution in [0.15, 0.2) is 49.1 Å². The van der Waals surface area contributed by atoms with Crippen molar-refractivity contribution in [3.8, 4) is 11.6 Å². The van der Waals surface area contributed by atoms with Gasteiger partial charge >= 0.3 is 0 Å². The van der Waals surface area contributed by atoms with Crippen molar-refractivity contribution in [3.05, 3.63) is 65.9 Å². The lowest BCUT2D eigenvalue weighted by Gasteiger charge is -2.30. The Kier molecular flexibility index (Phi) is 5.67. The first-order valence-electron chi connectivity index (χ1n) is 9.96. The SMILES string of the molecule is Cc1nn(C)c(Oc2cccnc2)c1CN1CCCCC[C@H]1c1ccncc1. The quantitative estimate of drug-likeness (QED) is 0.658. The third-order valence-electron chi connectivity index (χ3n) is 5.45. The molecule has 0 radical (unpaired) electrons. The predicted octanol–water partition coefficient (Wildman–Crippen LogP) is 4.43. The van der Waals surface area contributed by atoms with Crippen LogP contribution in [0.5, 0.6) is 11.6 Å². The zero-order valence-corrected chi connectivity index (χ0v) is 16.6. The van der Waals surface area contributed by atoms with Gasteiger partial charge in [0.25, 0.3) is 0 Å². The molecule has 0 spiro atoms. The second-order valence-electron chi connectivity index (χ2n) is 7.40. The molecule has 0 bridgehead atoms. The number of ether oxygens (including phenoxy) is 1. The molecular weight excluding hydrogens is 350 g/mol. The van der Waals surface area contributed by atoms with Crippen LogP contribution >= 0.6 is 0 Å². The Labute approximate surface area is 166 Å². The smallest absolute Gasteiger partial charge is 0.222 e. The van der Waals surface area contributed by atoms with Gasteiger partial charge in [-0.05, 0) is 56.1 Å². The topological polar surface area (TPSA) is 56.1 Å². The van der Waals surface area contributed by atoms with E-state index in [0.717, 1.165) is 36.0 Å². The molecule has 4 heterocycles. The van der Waals surface area contributed by atoms with Crippen LogP contribution in [0.1, 0.15) is 48.5 Å². The van der Waals surface area contributed by atoms with Crippen LogP contribution in [0.4, 0.5) is 0 Å². The van der Waals surface area contributed by atoms with Gasteiger partial charge in [-0.2, -0.15) is 5.10 Å². The highest BCUT2D eigenvalue weighted by molar-refractivity contribution is 5.35. The first-order valence-corrected chi connectivity index (χ1v) is 9.96. The molecule has 1 aliphatic heterocycles. The number of hydrogen-bond acceptors (Lipinski definition) is 5. The number of rotatable bonds is 5. The lowest BCUT2D eigenvalue weighted by molar-refractivity contribution is 0.190. The Bertz CT molecular complexity index is 894. The fourth-order valence-corrected chi connectivity index (χ4v) is 4.03. The zero-order chi connectivity index (χ0) is 19.3. The first kappa shape index (κ1) is 18.6. The van der Waals surface area contributed by atoms with E-state index in [-0.39, 0.29) is 0 Å². The van der Waals surface area contributed by atoms with E-state index in [9.17, 15) is 0 Å². The number of pyridine rings is 2. The number of likely N-dealkylation sites (tertiary alicyclic amines) is 1. The lowest BCUT2D eigenvalue weighted by Crippen LogP contribution is -2.28. The largest absolute Gasteiger partial charge is 0.437 e. The van der Waals surface area contributed by atoms with Gasteiger partial charge in [0, 0.05) is 38.2 Å². The Morgan fingerprint density at radius 3 is 2.71 bits per heavy atom. The highest BCUT2D eigenvalue weighted by Gasteiger charge is 2.26. The first-order chi connectivity index (χ1) is 13.7. The van der Waals surface area contributed by atoms with E-state index in [1.807, 2.05) is 36.3 Å². The Morgan fingerprint density at radius 2 is 1.93 bits per heavy atom. The summed E-state index contributed by atoms with van der Waals surface area (Å²) in [5, 5.41) is 4.63. The van der Waals surface area contributed by atoms with Crippen LogP contribution in [0, 0.1) is 6.92 Å². The second kappa shape index (κ2) is 8.52. The van der Waals surface area contributed by atoms with Gasteiger partial charge in [-0.25, -0.2) is 4.68 Å². The Balaban J connectivity index is 1.63. The molecule has 0 aromatic carbocycles. The zero-order valence-electron chi connectivity index (χ0n) is 16.6. The Morgan fingerprint density at radius 1 is 1.07 bits per heavy atom. The molecule has 1 aliphatic rings. The van der Waals surface area contributed by atoms with Crippen LogP contribution < -0.4 is 4.74 Å². The summed E-state index contributed by atoms with van der Waals surface area (Å²) in [4.78, 5) is 10.9. The monoisotopic (exact) mass is 377 g/mol. The highest BCUT2D eigenvalue weighted by Crippen LogP contribution is 2.34. The minimum absolute atomic E-state index is 0.399. The summed E-state index contributed by atoms with van der Waals surface area (Å²) in [6.45, 7) is 3.96. The molecule has 3 aromatic rings. The van der Waals surface area contributed by atoms with Gasteiger partial charge in [0.1, 0.15) is 5.75 Å². The highest BCUT2D eigenvalue weighted by atomic mass is 16.5. The summed E-state index contributed by atoms with van der Waals surface area (Å²) in [6.07, 6.45) is 12.2. The summed E-state index contributed by atoms with van der Waals surface area (Å²) in [7, 11) is 1.94. The molecule has 3 aromatic heterocycles. The maximum Gasteiger partial charge on any atom is 0.222 e. The molecule has 4 rings (SSSR count). The maximum atomic E-state index is 6.18. The van der Waals surface area contributed by atoms with Crippen molar-refractivity contribution in [2.75, 3.05) is 6.54 Å². The second-order valence-corrected chi connectivity index (χ2v) is 7.40. The van der Waals surface area contributed by atoms with E-state index in [1.165, 1.54) is 31.2 Å². The van der Waals surface area contributed by atoms with E-state index < -0.39 is 0 Å². The van der Waals surface area contributed by atoms with Crippen molar-refractivity contribution < 1.29 is 4.74 Å². The third kappa shape index (κ3) is 4.07. The van der Waals surface area contributed by atoms with E-state index >= 15 is 0 Å². The molecule has 0 amide bonds. The van der Waals surface area contributed by atoms with Gasteiger partial charge in [0.15, 0.2) is 0 Å². The number of hydrogen-bond donors (Lipinski definition) is 0. The van der Waals surface area contributed by atoms with Gasteiger partial charge in [-0.1, -0.05) is 12.8 Å². The van der Waals surface area contributed by atoms with Gasteiger partial charge in [-0.15, -0.1) is 0 Å². The third-order valence-corrected chi connectivity index (χ3v) is 5.45. The number of nitrogens with zero attached hydrogens (tertiary/aromatic N) is 5. The average molecular weight is 377 g/mol. The summed E-state index contributed by atoms with van der Waals surface area (Å²) in [5.74, 6) is 1.52. The molecule has 0 unspecified atom stereocenters. The summed E-state index contributed by atoms with van der Waals surface area (Å²) in [5.41, 5.74) is 3.50. The van der Waals surface area contributed by atoms with Gasteiger partial charge < -0.3 is 4.74 Å². The lowest BCUT2D eigenvalue weighted by atomic mass is 10.0. The summed E-state index contributed by atoms with van der Waals surface area (Å²) < 4.78 is 8.01. The normalized spacial score (nSPS) is 18.0. The Hall–Kier alpha value is -2.73. The maximum absolute atomic E-state index is 6.18. The summed E-state index contributed by atoms with van der Waals surface area (Å²) in [6, 6.07) is 8.49. The molecule has 146 valence electrons. The van der Waals surface area contributed by atoms with Gasteiger partial charge in [0.2, 0.25) is 5.88 Å². The molecular formula is C22H27N5O. The van der Waals surface area contributed by atoms with E-state index in [2.05, 4.69) is 39.0 Å². The van der Waals surface area contributed by atoms with Crippen LogP contribution in [0.3, 0.4) is 0 Å². The number of aromatic nitrogens is 4. The van der Waals surface area contributed by atoms with Crippen molar-refractivity contribution in [2.24, 2.45) is 7.05 Å². The van der Waals surface area contributed by atoms with Crippen LogP contribution in [0.2, 0.25) is 0 Å². The fraction of sp³-hybridized carbons (Fsp3) is 0.409. The van der Waals surface area contributed by atoms with Crippen molar-refractivity contribution in [2.45, 2.75) is 45.2 Å². The minimum atomic E-state index is 0.399. The average Bonchev–Trinajstić information content (AvgIpc) is 2.89. The molecule has 28 heavy (non-hydrogen) atoms. The molecule has 1 fully saturated rings. The molecule has 1 atom stereocenters. The van der Waals surface area contributed by atoms with Crippen LogP contribution in [-0.2, 0) is 13.6 Å². The van der Waals surface area contributed by atoms with Gasteiger partial charge in [0.05, 0.1) is 17.5 Å². The number of aryl methyl sites for hydroxylation is 2. The van der Waals surface area contributed by atoms with Crippen molar-refractivity contribution >= 4 is 0 Å². The van der Waals surface area contributed by atoms with Crippen molar-refractivity contribution in [3.63, 3.8) is 0 Å². The van der Waals surface area contributed by atoms with E-state index in [4.69, 9.17) is 4.74 Å². The van der Waals surface area contributed by atoms with Crippen LogP contribution in [0.25, 0.3) is 0 Å². The molecule has 0 N–H and O–H groups in total. The predicted molar refractivity (Wildman–Crippen MR) is 108 cm³/mol. The van der Waals surface area contributed by atoms with E-state index in [1.54, 1.807) is 12.4 Å². The molecule has 6 nitrogen and oxygen atoms in total. The van der Waals surface area contributed by atoms with Gasteiger partial charge in [-0.3, -0.25) is 14.9 Å². The molecule has 0 saturated carbocycles. The molecule has 6 heteroatoms. The molecule has 1 saturated heterocycles. The minimum Gasteiger partial charge on any atom is -0.437 e. The standard InChI is InChI=1S/C22H27N5O/c1-17-20(22(26(2)25-17)28-19-7-6-11-24-15-19)16-27-14-5-3-4-8-21(27)18-9-12-23-13-10-18/h6-7,9-13,15,21H,3-5,8,14,16H2,1-2H3/t21-/m0/s1. The van der Waals surface area contributed by atoms with E-state index in [0.29, 0.717) is 6.04 Å². The van der Waals surface area contributed by atoms with Crippen molar-refractivity contribution in [1.29, 1.82) is 0 Å². The molecule has 0 aliphatic carbocycles. The van der Waals surface area contributed by atoms with Crippen LogP contribution in [-0.4, -0.2) is 31.2 Å².